The molecule has 1 aliphatic heterocycles. The van der Waals surface area contributed by atoms with Gasteiger partial charge in [-0.1, -0.05) is 39.5 Å². The average Bonchev–Trinajstić information content (AvgIpc) is 2.44. The summed E-state index contributed by atoms with van der Waals surface area (Å²) in [4.78, 5) is 15.1. The van der Waals surface area contributed by atoms with Crippen molar-refractivity contribution in [1.82, 2.24) is 4.90 Å². The molecule has 1 saturated carbocycles. The van der Waals surface area contributed by atoms with Crippen molar-refractivity contribution in [3.8, 4) is 0 Å². The number of piperidine rings is 1. The van der Waals surface area contributed by atoms with Crippen molar-refractivity contribution in [3.05, 3.63) is 0 Å². The number of nitrogens with two attached hydrogens (primary N) is 1. The van der Waals surface area contributed by atoms with Crippen LogP contribution in [0.5, 0.6) is 0 Å². The van der Waals surface area contributed by atoms with Crippen LogP contribution in [0.15, 0.2) is 0 Å². The SMILES string of the molecule is BC1(N)CCCCCCC2C(C1)C(CC(C)C)CC(=O)N2C(C)C. The van der Waals surface area contributed by atoms with Gasteiger partial charge in [0.05, 0.1) is 0 Å². The van der Waals surface area contributed by atoms with E-state index in [9.17, 15) is 4.79 Å². The third-order valence-electron chi connectivity index (χ3n) is 6.21. The fourth-order valence-electron chi connectivity index (χ4n) is 5.25. The number of nitrogens with zero attached hydrogens (tertiary/aromatic N) is 1. The minimum absolute atomic E-state index is 0.0848. The summed E-state index contributed by atoms with van der Waals surface area (Å²) < 4.78 is 0. The summed E-state index contributed by atoms with van der Waals surface area (Å²) in [6.45, 7) is 8.93. The minimum atomic E-state index is -0.0848. The first-order valence-electron chi connectivity index (χ1n) is 10.3. The standard InChI is InChI=1S/C20H39BN2O/c1-14(2)11-16-12-19(24)23(15(3)4)18-9-7-5-6-8-10-20(21,22)13-17(16)18/h14-18H,5-13,21-22H2,1-4H3. The third-order valence-corrected chi connectivity index (χ3v) is 6.21. The molecule has 0 aromatic heterocycles. The van der Waals surface area contributed by atoms with Crippen molar-refractivity contribution in [2.24, 2.45) is 23.5 Å². The van der Waals surface area contributed by atoms with Gasteiger partial charge < -0.3 is 10.6 Å². The summed E-state index contributed by atoms with van der Waals surface area (Å²) in [5.74, 6) is 2.11. The lowest BCUT2D eigenvalue weighted by atomic mass is 9.62. The molecule has 2 N–H and O–H groups in total. The number of likely N-dealkylation sites (tertiary alicyclic amines) is 1. The molecule has 4 heteroatoms. The zero-order chi connectivity index (χ0) is 17.9. The lowest BCUT2D eigenvalue weighted by Crippen LogP contribution is -2.58. The summed E-state index contributed by atoms with van der Waals surface area (Å²) in [7, 11) is 2.24. The first kappa shape index (κ1) is 19.8. The van der Waals surface area contributed by atoms with Gasteiger partial charge in [-0.15, -0.1) is 0 Å². The van der Waals surface area contributed by atoms with Crippen molar-refractivity contribution in [2.75, 3.05) is 0 Å². The molecular formula is C20H39BN2O. The predicted molar refractivity (Wildman–Crippen MR) is 105 cm³/mol. The second-order valence-electron chi connectivity index (χ2n) is 9.53. The van der Waals surface area contributed by atoms with Crippen molar-refractivity contribution >= 4 is 13.8 Å². The molecular weight excluding hydrogens is 295 g/mol. The Balaban J connectivity index is 2.32. The van der Waals surface area contributed by atoms with E-state index in [-0.39, 0.29) is 5.44 Å². The van der Waals surface area contributed by atoms with Crippen LogP contribution in [0.1, 0.15) is 85.5 Å². The van der Waals surface area contributed by atoms with Crippen molar-refractivity contribution in [3.63, 3.8) is 0 Å². The Morgan fingerprint density at radius 1 is 1.21 bits per heavy atom. The van der Waals surface area contributed by atoms with Crippen LogP contribution in [0.25, 0.3) is 0 Å². The van der Waals surface area contributed by atoms with E-state index in [2.05, 4.69) is 40.4 Å². The van der Waals surface area contributed by atoms with Gasteiger partial charge in [-0.25, -0.2) is 0 Å². The van der Waals surface area contributed by atoms with Gasteiger partial charge in [-0.05, 0) is 62.7 Å². The van der Waals surface area contributed by atoms with Crippen LogP contribution in [-0.2, 0) is 4.79 Å². The molecule has 4 unspecified atom stereocenters. The summed E-state index contributed by atoms with van der Waals surface area (Å²) in [5, 5.41) is 0. The van der Waals surface area contributed by atoms with Crippen LogP contribution in [0, 0.1) is 17.8 Å². The second-order valence-corrected chi connectivity index (χ2v) is 9.53. The molecule has 1 heterocycles. The van der Waals surface area contributed by atoms with Gasteiger partial charge in [0.1, 0.15) is 7.85 Å². The van der Waals surface area contributed by atoms with E-state index >= 15 is 0 Å². The van der Waals surface area contributed by atoms with Crippen molar-refractivity contribution in [1.29, 1.82) is 0 Å². The lowest BCUT2D eigenvalue weighted by molar-refractivity contribution is -0.146. The summed E-state index contributed by atoms with van der Waals surface area (Å²) >= 11 is 0. The molecule has 4 atom stereocenters. The molecule has 1 saturated heterocycles. The molecule has 138 valence electrons. The van der Waals surface area contributed by atoms with Gasteiger partial charge in [0.25, 0.3) is 0 Å². The summed E-state index contributed by atoms with van der Waals surface area (Å²) in [6.07, 6.45) is 10.3. The maximum absolute atomic E-state index is 12.9. The minimum Gasteiger partial charge on any atom is -0.337 e. The average molecular weight is 334 g/mol. The van der Waals surface area contributed by atoms with E-state index in [1.165, 1.54) is 32.1 Å². The quantitative estimate of drug-likeness (QED) is 0.805. The number of amides is 1. The van der Waals surface area contributed by atoms with Gasteiger partial charge >= 0.3 is 0 Å². The maximum atomic E-state index is 12.9. The van der Waals surface area contributed by atoms with Gasteiger partial charge in [0, 0.05) is 18.5 Å². The second kappa shape index (κ2) is 8.25. The monoisotopic (exact) mass is 334 g/mol. The number of carbonyl (C=O) groups excluding carboxylic acids is 1. The molecule has 0 aromatic rings. The lowest BCUT2D eigenvalue weighted by Gasteiger charge is -2.50. The van der Waals surface area contributed by atoms with E-state index in [1.54, 1.807) is 0 Å². The molecule has 0 radical (unpaired) electrons. The molecule has 2 fully saturated rings. The normalized spacial score (nSPS) is 36.0. The fraction of sp³-hybridized carbons (Fsp3) is 0.950. The number of hydrogen-bond acceptors (Lipinski definition) is 2. The molecule has 2 aliphatic rings. The van der Waals surface area contributed by atoms with E-state index in [0.29, 0.717) is 35.7 Å². The molecule has 0 aromatic carbocycles. The molecule has 24 heavy (non-hydrogen) atoms. The highest BCUT2D eigenvalue weighted by molar-refractivity contribution is 6.15. The number of hydrogen-bond donors (Lipinski definition) is 1. The smallest absolute Gasteiger partial charge is 0.223 e. The largest absolute Gasteiger partial charge is 0.337 e. The first-order valence-corrected chi connectivity index (χ1v) is 10.3. The fourth-order valence-corrected chi connectivity index (χ4v) is 5.25. The number of carbonyl (C=O) groups is 1. The van der Waals surface area contributed by atoms with Gasteiger partial charge in [0.2, 0.25) is 5.91 Å². The van der Waals surface area contributed by atoms with Crippen LogP contribution < -0.4 is 5.73 Å². The Morgan fingerprint density at radius 2 is 1.88 bits per heavy atom. The molecule has 1 amide bonds. The summed E-state index contributed by atoms with van der Waals surface area (Å²) in [6, 6.07) is 0.702. The van der Waals surface area contributed by atoms with E-state index in [0.717, 1.165) is 25.7 Å². The summed E-state index contributed by atoms with van der Waals surface area (Å²) in [5.41, 5.74) is 6.64. The third kappa shape index (κ3) is 5.00. The highest BCUT2D eigenvalue weighted by Crippen LogP contribution is 2.42. The Morgan fingerprint density at radius 3 is 2.50 bits per heavy atom. The van der Waals surface area contributed by atoms with Gasteiger partial charge in [0.15, 0.2) is 0 Å². The maximum Gasteiger partial charge on any atom is 0.223 e. The molecule has 0 spiro atoms. The Kier molecular flexibility index (Phi) is 6.81. The van der Waals surface area contributed by atoms with Crippen LogP contribution in [-0.4, -0.2) is 36.2 Å². The molecule has 1 aliphatic carbocycles. The predicted octanol–water partition coefficient (Wildman–Crippen LogP) is 3.31. The van der Waals surface area contributed by atoms with Crippen molar-refractivity contribution in [2.45, 2.75) is 103 Å². The molecule has 0 bridgehead atoms. The van der Waals surface area contributed by atoms with E-state index < -0.39 is 0 Å². The molecule has 2 rings (SSSR count). The number of fused-ring (bicyclic) bond motifs is 1. The zero-order valence-corrected chi connectivity index (χ0v) is 16.7. The first-order chi connectivity index (χ1) is 11.2. The highest BCUT2D eigenvalue weighted by Gasteiger charge is 2.44. The van der Waals surface area contributed by atoms with E-state index in [4.69, 9.17) is 5.73 Å². The van der Waals surface area contributed by atoms with Crippen molar-refractivity contribution < 1.29 is 4.79 Å². The Hall–Kier alpha value is -0.505. The topological polar surface area (TPSA) is 46.3 Å². The Bertz CT molecular complexity index is 422. The zero-order valence-electron chi connectivity index (χ0n) is 16.7. The van der Waals surface area contributed by atoms with Crippen LogP contribution in [0.2, 0.25) is 0 Å². The van der Waals surface area contributed by atoms with Gasteiger partial charge in [-0.3, -0.25) is 4.79 Å². The van der Waals surface area contributed by atoms with Gasteiger partial charge in [-0.2, -0.15) is 0 Å². The Labute approximate surface area is 150 Å². The number of rotatable bonds is 3. The molecule has 3 nitrogen and oxygen atoms in total. The van der Waals surface area contributed by atoms with Crippen LogP contribution in [0.4, 0.5) is 0 Å². The van der Waals surface area contributed by atoms with Crippen LogP contribution in [0.3, 0.4) is 0 Å². The highest BCUT2D eigenvalue weighted by atomic mass is 16.2. The van der Waals surface area contributed by atoms with Crippen LogP contribution >= 0.6 is 0 Å². The van der Waals surface area contributed by atoms with E-state index in [1.807, 2.05) is 0 Å².